The lowest BCUT2D eigenvalue weighted by molar-refractivity contribution is -0.142. The van der Waals surface area contributed by atoms with Gasteiger partial charge in [-0.05, 0) is 18.3 Å². The molecule has 1 fully saturated rings. The Morgan fingerprint density at radius 2 is 2.17 bits per heavy atom. The molecule has 0 aromatic rings. The first-order chi connectivity index (χ1) is 8.42. The van der Waals surface area contributed by atoms with Crippen LogP contribution in [-0.4, -0.2) is 50.3 Å². The van der Waals surface area contributed by atoms with E-state index in [1.54, 1.807) is 7.11 Å². The van der Waals surface area contributed by atoms with E-state index in [4.69, 9.17) is 9.47 Å². The second-order valence-electron chi connectivity index (χ2n) is 6.22. The summed E-state index contributed by atoms with van der Waals surface area (Å²) in [7, 11) is 1.55. The molecule has 0 radical (unpaired) electrons. The first-order valence-electron chi connectivity index (χ1n) is 6.81. The molecule has 1 heterocycles. The lowest BCUT2D eigenvalue weighted by Gasteiger charge is -2.33. The molecule has 0 saturated carbocycles. The van der Waals surface area contributed by atoms with Crippen LogP contribution in [0.25, 0.3) is 0 Å². The number of carbonyl (C=O) groups is 1. The number of amides is 1. The summed E-state index contributed by atoms with van der Waals surface area (Å²) in [5, 5.41) is 0. The van der Waals surface area contributed by atoms with Crippen molar-refractivity contribution in [3.63, 3.8) is 0 Å². The maximum Gasteiger partial charge on any atom is 0.248 e. The maximum atomic E-state index is 11.7. The molecule has 0 aromatic carbocycles. The lowest BCUT2D eigenvalue weighted by Crippen LogP contribution is -2.46. The standard InChI is InChI=1S/C14H27NO3/c1-14(2,3)7-5-6-12-10-15(8-9-18-12)13(16)11-17-4/h12H,5-11H2,1-4H3/t12-/m1/s1. The molecule has 0 spiro atoms. The SMILES string of the molecule is COCC(=O)N1CCO[C@H](CCCC(C)(C)C)C1. The number of hydrogen-bond acceptors (Lipinski definition) is 3. The van der Waals surface area contributed by atoms with Crippen LogP contribution in [0.2, 0.25) is 0 Å². The fraction of sp³-hybridized carbons (Fsp3) is 0.929. The third-order valence-corrected chi connectivity index (χ3v) is 3.21. The molecule has 0 unspecified atom stereocenters. The molecule has 1 amide bonds. The fourth-order valence-corrected chi connectivity index (χ4v) is 2.20. The van der Waals surface area contributed by atoms with Gasteiger partial charge < -0.3 is 14.4 Å². The second-order valence-corrected chi connectivity index (χ2v) is 6.22. The van der Waals surface area contributed by atoms with Gasteiger partial charge in [0.2, 0.25) is 5.91 Å². The molecule has 0 N–H and O–H groups in total. The van der Waals surface area contributed by atoms with E-state index in [-0.39, 0.29) is 18.6 Å². The predicted molar refractivity (Wildman–Crippen MR) is 71.5 cm³/mol. The van der Waals surface area contributed by atoms with E-state index in [1.807, 2.05) is 4.90 Å². The lowest BCUT2D eigenvalue weighted by atomic mass is 9.89. The summed E-state index contributed by atoms with van der Waals surface area (Å²) < 4.78 is 10.6. The van der Waals surface area contributed by atoms with Crippen LogP contribution >= 0.6 is 0 Å². The van der Waals surface area contributed by atoms with Crippen molar-refractivity contribution in [2.45, 2.75) is 46.1 Å². The topological polar surface area (TPSA) is 38.8 Å². The third-order valence-electron chi connectivity index (χ3n) is 3.21. The molecule has 0 aromatic heterocycles. The summed E-state index contributed by atoms with van der Waals surface area (Å²) in [6.45, 7) is 8.99. The monoisotopic (exact) mass is 257 g/mol. The Morgan fingerprint density at radius 1 is 1.44 bits per heavy atom. The Kier molecular flexibility index (Phi) is 6.09. The normalized spacial score (nSPS) is 21.1. The van der Waals surface area contributed by atoms with Gasteiger partial charge in [0.05, 0.1) is 12.7 Å². The number of methoxy groups -OCH3 is 1. The summed E-state index contributed by atoms with van der Waals surface area (Å²) in [6.07, 6.45) is 3.58. The van der Waals surface area contributed by atoms with Crippen molar-refractivity contribution in [2.24, 2.45) is 5.41 Å². The van der Waals surface area contributed by atoms with E-state index >= 15 is 0 Å². The molecule has 1 rings (SSSR count). The highest BCUT2D eigenvalue weighted by Gasteiger charge is 2.24. The van der Waals surface area contributed by atoms with Gasteiger partial charge in [0.15, 0.2) is 0 Å². The van der Waals surface area contributed by atoms with Crippen LogP contribution in [0.3, 0.4) is 0 Å². The largest absolute Gasteiger partial charge is 0.375 e. The Balaban J connectivity index is 2.28. The van der Waals surface area contributed by atoms with Gasteiger partial charge in [0, 0.05) is 20.2 Å². The van der Waals surface area contributed by atoms with Gasteiger partial charge in [0.1, 0.15) is 6.61 Å². The van der Waals surface area contributed by atoms with Crippen molar-refractivity contribution >= 4 is 5.91 Å². The number of morpholine rings is 1. The van der Waals surface area contributed by atoms with Crippen LogP contribution in [0.15, 0.2) is 0 Å². The van der Waals surface area contributed by atoms with Gasteiger partial charge in [-0.2, -0.15) is 0 Å². The molecule has 1 saturated heterocycles. The Morgan fingerprint density at radius 3 is 2.78 bits per heavy atom. The second kappa shape index (κ2) is 7.10. The number of carbonyl (C=O) groups excluding carboxylic acids is 1. The van der Waals surface area contributed by atoms with Crippen LogP contribution < -0.4 is 0 Å². The zero-order chi connectivity index (χ0) is 13.6. The first-order valence-corrected chi connectivity index (χ1v) is 6.81. The number of hydrogen-bond donors (Lipinski definition) is 0. The van der Waals surface area contributed by atoms with E-state index < -0.39 is 0 Å². The number of nitrogens with zero attached hydrogens (tertiary/aromatic N) is 1. The fourth-order valence-electron chi connectivity index (χ4n) is 2.20. The van der Waals surface area contributed by atoms with Crippen molar-refractivity contribution in [3.8, 4) is 0 Å². The van der Waals surface area contributed by atoms with Gasteiger partial charge in [-0.1, -0.05) is 27.2 Å². The average molecular weight is 257 g/mol. The number of rotatable bonds is 5. The van der Waals surface area contributed by atoms with Gasteiger partial charge in [-0.3, -0.25) is 4.79 Å². The summed E-state index contributed by atoms with van der Waals surface area (Å²) in [4.78, 5) is 13.6. The molecular weight excluding hydrogens is 230 g/mol. The quantitative estimate of drug-likeness (QED) is 0.757. The first kappa shape index (κ1) is 15.4. The summed E-state index contributed by atoms with van der Waals surface area (Å²) in [5.74, 6) is 0.0709. The Hall–Kier alpha value is -0.610. The molecule has 0 bridgehead atoms. The van der Waals surface area contributed by atoms with E-state index in [2.05, 4.69) is 20.8 Å². The van der Waals surface area contributed by atoms with Crippen molar-refractivity contribution in [2.75, 3.05) is 33.4 Å². The van der Waals surface area contributed by atoms with E-state index in [0.29, 0.717) is 25.1 Å². The highest BCUT2D eigenvalue weighted by Crippen LogP contribution is 2.23. The maximum absolute atomic E-state index is 11.7. The zero-order valence-corrected chi connectivity index (χ0v) is 12.2. The molecule has 106 valence electrons. The minimum absolute atomic E-state index is 0.0709. The predicted octanol–water partition coefficient (Wildman–Crippen LogP) is 2.08. The van der Waals surface area contributed by atoms with E-state index in [0.717, 1.165) is 12.8 Å². The molecule has 0 aliphatic carbocycles. The molecule has 1 aliphatic rings. The van der Waals surface area contributed by atoms with Crippen molar-refractivity contribution < 1.29 is 14.3 Å². The van der Waals surface area contributed by atoms with Crippen molar-refractivity contribution in [1.29, 1.82) is 0 Å². The van der Waals surface area contributed by atoms with Crippen molar-refractivity contribution in [1.82, 2.24) is 4.90 Å². The Bertz CT molecular complexity index is 260. The third kappa shape index (κ3) is 5.83. The van der Waals surface area contributed by atoms with Crippen LogP contribution in [0.1, 0.15) is 40.0 Å². The molecule has 4 heteroatoms. The molecule has 4 nitrogen and oxygen atoms in total. The minimum Gasteiger partial charge on any atom is -0.375 e. The highest BCUT2D eigenvalue weighted by molar-refractivity contribution is 5.77. The molecule has 1 aliphatic heterocycles. The highest BCUT2D eigenvalue weighted by atomic mass is 16.5. The van der Waals surface area contributed by atoms with Gasteiger partial charge in [-0.15, -0.1) is 0 Å². The average Bonchev–Trinajstić information content (AvgIpc) is 2.28. The molecular formula is C14H27NO3. The van der Waals surface area contributed by atoms with E-state index in [1.165, 1.54) is 6.42 Å². The van der Waals surface area contributed by atoms with Gasteiger partial charge in [-0.25, -0.2) is 0 Å². The van der Waals surface area contributed by atoms with Crippen molar-refractivity contribution in [3.05, 3.63) is 0 Å². The van der Waals surface area contributed by atoms with Crippen LogP contribution in [0.4, 0.5) is 0 Å². The summed E-state index contributed by atoms with van der Waals surface area (Å²) in [5.41, 5.74) is 0.375. The minimum atomic E-state index is 0.0709. The Labute approximate surface area is 111 Å². The zero-order valence-electron chi connectivity index (χ0n) is 12.2. The van der Waals surface area contributed by atoms with E-state index in [9.17, 15) is 4.79 Å². The molecule has 18 heavy (non-hydrogen) atoms. The summed E-state index contributed by atoms with van der Waals surface area (Å²) in [6, 6.07) is 0. The van der Waals surface area contributed by atoms with Crippen LogP contribution in [0, 0.1) is 5.41 Å². The smallest absolute Gasteiger partial charge is 0.248 e. The van der Waals surface area contributed by atoms with Gasteiger partial charge >= 0.3 is 0 Å². The number of ether oxygens (including phenoxy) is 2. The molecule has 1 atom stereocenters. The summed E-state index contributed by atoms with van der Waals surface area (Å²) >= 11 is 0. The van der Waals surface area contributed by atoms with Crippen LogP contribution in [-0.2, 0) is 14.3 Å². The van der Waals surface area contributed by atoms with Gasteiger partial charge in [0.25, 0.3) is 0 Å². The van der Waals surface area contributed by atoms with Crippen LogP contribution in [0.5, 0.6) is 0 Å².